The maximum Gasteiger partial charge on any atom is 0.418 e. The van der Waals surface area contributed by atoms with E-state index in [4.69, 9.17) is 4.42 Å². The molecule has 0 saturated carbocycles. The summed E-state index contributed by atoms with van der Waals surface area (Å²) in [4.78, 5) is 19.3. The number of nitrogens with zero attached hydrogens (tertiary/aromatic N) is 4. The van der Waals surface area contributed by atoms with E-state index in [0.29, 0.717) is 47.8 Å². The van der Waals surface area contributed by atoms with Crippen molar-refractivity contribution in [3.05, 3.63) is 76.5 Å². The zero-order valence-corrected chi connectivity index (χ0v) is 21.7. The van der Waals surface area contributed by atoms with E-state index in [2.05, 4.69) is 15.4 Å². The summed E-state index contributed by atoms with van der Waals surface area (Å²) in [5.41, 5.74) is 0.978. The highest BCUT2D eigenvalue weighted by molar-refractivity contribution is 5.72. The highest BCUT2D eigenvalue weighted by Gasteiger charge is 2.36. The van der Waals surface area contributed by atoms with Crippen molar-refractivity contribution in [1.29, 1.82) is 0 Å². The van der Waals surface area contributed by atoms with Gasteiger partial charge in [0.25, 0.3) is 5.56 Å². The van der Waals surface area contributed by atoms with Gasteiger partial charge in [-0.15, -0.1) is 0 Å². The Kier molecular flexibility index (Phi) is 6.94. The number of aliphatic hydroxyl groups is 1. The number of halogens is 3. The zero-order chi connectivity index (χ0) is 27.9. The molecule has 1 saturated heterocycles. The lowest BCUT2D eigenvalue weighted by atomic mass is 10.0. The van der Waals surface area contributed by atoms with Gasteiger partial charge in [-0.1, -0.05) is 0 Å². The van der Waals surface area contributed by atoms with Crippen LogP contribution in [0.5, 0.6) is 0 Å². The van der Waals surface area contributed by atoms with E-state index < -0.39 is 23.4 Å². The van der Waals surface area contributed by atoms with Crippen LogP contribution < -0.4 is 15.8 Å². The summed E-state index contributed by atoms with van der Waals surface area (Å²) in [7, 11) is 0. The molecule has 1 aliphatic heterocycles. The number of benzene rings is 2. The standard InChI is InChI=1S/C28H28F3N5O3/c1-16(2)33-24-12-23(18-8-17(3)9-19(10-18)26-13-32-15-39-26)34-36(27(24)38)25-11-20(35-7-6-21(37)14-35)4-5-22(25)28(29,30)31/h4-5,8-13,15-16,21,33,37H,6-7,14H2,1-3H3/t21-/m0/s1. The highest BCUT2D eigenvalue weighted by atomic mass is 19.4. The van der Waals surface area contributed by atoms with Crippen LogP contribution >= 0.6 is 0 Å². The molecule has 1 aliphatic rings. The Hall–Kier alpha value is -4.12. The normalized spacial score (nSPS) is 15.8. The minimum Gasteiger partial charge on any atom is -0.444 e. The van der Waals surface area contributed by atoms with Gasteiger partial charge in [-0.05, 0) is 75.2 Å². The number of hydrogen-bond donors (Lipinski definition) is 2. The van der Waals surface area contributed by atoms with Crippen molar-refractivity contribution in [2.75, 3.05) is 23.3 Å². The molecule has 11 heteroatoms. The number of oxazole rings is 1. The van der Waals surface area contributed by atoms with Crippen LogP contribution in [0.3, 0.4) is 0 Å². The number of β-amino-alcohol motifs (C(OH)–C–C–N with tert-alkyl or cyclic N) is 1. The minimum atomic E-state index is -4.73. The molecule has 0 unspecified atom stereocenters. The monoisotopic (exact) mass is 539 g/mol. The van der Waals surface area contributed by atoms with E-state index in [0.717, 1.165) is 16.3 Å². The number of rotatable bonds is 6. The van der Waals surface area contributed by atoms with Gasteiger partial charge in [0, 0.05) is 35.9 Å². The molecule has 1 fully saturated rings. The second-order valence-electron chi connectivity index (χ2n) is 10.0. The van der Waals surface area contributed by atoms with Crippen molar-refractivity contribution < 1.29 is 22.7 Å². The third kappa shape index (κ3) is 5.53. The number of alkyl halides is 3. The molecule has 0 bridgehead atoms. The summed E-state index contributed by atoms with van der Waals surface area (Å²) < 4.78 is 48.9. The molecule has 2 aromatic carbocycles. The summed E-state index contributed by atoms with van der Waals surface area (Å²) in [5.74, 6) is 0.522. The third-order valence-corrected chi connectivity index (χ3v) is 6.49. The van der Waals surface area contributed by atoms with E-state index >= 15 is 0 Å². The molecule has 0 spiro atoms. The van der Waals surface area contributed by atoms with Gasteiger partial charge in [-0.3, -0.25) is 4.79 Å². The van der Waals surface area contributed by atoms with Crippen LogP contribution in [0.1, 0.15) is 31.4 Å². The molecule has 1 atom stereocenters. The van der Waals surface area contributed by atoms with E-state index in [9.17, 15) is 23.1 Å². The Balaban J connectivity index is 1.73. The summed E-state index contributed by atoms with van der Waals surface area (Å²) >= 11 is 0. The van der Waals surface area contributed by atoms with Crippen LogP contribution in [0.4, 0.5) is 24.5 Å². The second kappa shape index (κ2) is 10.2. The first-order valence-electron chi connectivity index (χ1n) is 12.6. The molecule has 204 valence electrons. The van der Waals surface area contributed by atoms with Crippen molar-refractivity contribution in [2.24, 2.45) is 0 Å². The van der Waals surface area contributed by atoms with Crippen molar-refractivity contribution in [2.45, 2.75) is 45.5 Å². The Morgan fingerprint density at radius 1 is 1.13 bits per heavy atom. The molecule has 5 rings (SSSR count). The molecule has 3 heterocycles. The Labute approximate surface area is 222 Å². The third-order valence-electron chi connectivity index (χ3n) is 6.49. The summed E-state index contributed by atoms with van der Waals surface area (Å²) in [6.07, 6.45) is -1.92. The van der Waals surface area contributed by atoms with Gasteiger partial charge in [0.05, 0.1) is 29.2 Å². The second-order valence-corrected chi connectivity index (χ2v) is 10.0. The number of hydrogen-bond acceptors (Lipinski definition) is 7. The van der Waals surface area contributed by atoms with E-state index in [1.54, 1.807) is 23.2 Å². The van der Waals surface area contributed by atoms with Gasteiger partial charge in [-0.2, -0.15) is 23.0 Å². The number of aromatic nitrogens is 3. The smallest absolute Gasteiger partial charge is 0.418 e. The lowest BCUT2D eigenvalue weighted by Crippen LogP contribution is -2.29. The van der Waals surface area contributed by atoms with E-state index in [1.807, 2.05) is 32.9 Å². The number of aryl methyl sites for hydroxylation is 1. The van der Waals surface area contributed by atoms with E-state index in [-0.39, 0.29) is 17.4 Å². The van der Waals surface area contributed by atoms with Crippen LogP contribution in [-0.4, -0.2) is 45.1 Å². The van der Waals surface area contributed by atoms with Crippen LogP contribution in [0.15, 0.2) is 64.3 Å². The van der Waals surface area contributed by atoms with Crippen molar-refractivity contribution in [1.82, 2.24) is 14.8 Å². The SMILES string of the molecule is Cc1cc(-c2cc(NC(C)C)c(=O)n(-c3cc(N4CC[C@H](O)C4)ccc3C(F)(F)F)n2)cc(-c2cnco2)c1. The van der Waals surface area contributed by atoms with Crippen LogP contribution in [0.2, 0.25) is 0 Å². The van der Waals surface area contributed by atoms with Crippen molar-refractivity contribution in [3.8, 4) is 28.3 Å². The first-order valence-corrected chi connectivity index (χ1v) is 12.6. The van der Waals surface area contributed by atoms with Gasteiger partial charge < -0.3 is 19.7 Å². The Morgan fingerprint density at radius 3 is 2.54 bits per heavy atom. The van der Waals surface area contributed by atoms with Crippen LogP contribution in [0, 0.1) is 6.92 Å². The Bertz CT molecular complexity index is 1550. The number of aliphatic hydroxyl groups excluding tert-OH is 1. The average Bonchev–Trinajstić information content (AvgIpc) is 3.56. The maximum absolute atomic E-state index is 14.2. The van der Waals surface area contributed by atoms with Gasteiger partial charge in [0.2, 0.25) is 0 Å². The largest absolute Gasteiger partial charge is 0.444 e. The first-order chi connectivity index (χ1) is 18.5. The molecule has 0 amide bonds. The predicted molar refractivity (Wildman–Crippen MR) is 142 cm³/mol. The van der Waals surface area contributed by atoms with Gasteiger partial charge in [-0.25, -0.2) is 4.98 Å². The van der Waals surface area contributed by atoms with Crippen molar-refractivity contribution >= 4 is 11.4 Å². The van der Waals surface area contributed by atoms with Crippen LogP contribution in [-0.2, 0) is 6.18 Å². The molecule has 0 aliphatic carbocycles. The van der Waals surface area contributed by atoms with Gasteiger partial charge in [0.1, 0.15) is 5.69 Å². The number of nitrogens with one attached hydrogen (secondary N) is 1. The lowest BCUT2D eigenvalue weighted by Gasteiger charge is -2.22. The molecule has 8 nitrogen and oxygen atoms in total. The maximum atomic E-state index is 14.2. The van der Waals surface area contributed by atoms with Crippen LogP contribution in [0.25, 0.3) is 28.3 Å². The summed E-state index contributed by atoms with van der Waals surface area (Å²) in [5, 5.41) is 17.5. The fourth-order valence-corrected chi connectivity index (χ4v) is 4.75. The zero-order valence-electron chi connectivity index (χ0n) is 21.7. The van der Waals surface area contributed by atoms with Gasteiger partial charge in [0.15, 0.2) is 12.2 Å². The summed E-state index contributed by atoms with van der Waals surface area (Å²) in [6.45, 7) is 6.32. The average molecular weight is 540 g/mol. The predicted octanol–water partition coefficient (Wildman–Crippen LogP) is 5.27. The van der Waals surface area contributed by atoms with Crippen molar-refractivity contribution in [3.63, 3.8) is 0 Å². The van der Waals surface area contributed by atoms with E-state index in [1.165, 1.54) is 18.5 Å². The fourth-order valence-electron chi connectivity index (χ4n) is 4.75. The quantitative estimate of drug-likeness (QED) is 0.345. The molecule has 2 aromatic heterocycles. The van der Waals surface area contributed by atoms with Gasteiger partial charge >= 0.3 is 6.18 Å². The topological polar surface area (TPSA) is 96.4 Å². The highest BCUT2D eigenvalue weighted by Crippen LogP contribution is 2.37. The number of anilines is 2. The molecule has 0 radical (unpaired) electrons. The first kappa shape index (κ1) is 26.5. The molecule has 4 aromatic rings. The summed E-state index contributed by atoms with van der Waals surface area (Å²) in [6, 6.07) is 10.5. The molecular weight excluding hydrogens is 511 g/mol. The Morgan fingerprint density at radius 2 is 1.90 bits per heavy atom. The lowest BCUT2D eigenvalue weighted by molar-refractivity contribution is -0.137. The minimum absolute atomic E-state index is 0.118. The molecule has 39 heavy (non-hydrogen) atoms. The fraction of sp³-hybridized carbons (Fsp3) is 0.321. The molecular formula is C28H28F3N5O3. The molecule has 2 N–H and O–H groups in total.